The Hall–Kier alpha value is -3.82. The fraction of sp³-hybridized carbons (Fsp3) is 0.440. The van der Waals surface area contributed by atoms with E-state index in [0.717, 1.165) is 5.56 Å². The molecule has 1 N–H and O–H groups in total. The Kier molecular flexibility index (Phi) is 8.51. The molecule has 2 aromatic carbocycles. The number of piperazine rings is 1. The van der Waals surface area contributed by atoms with Crippen molar-refractivity contribution in [1.29, 1.82) is 0 Å². The molecule has 1 aliphatic rings. The molecule has 1 heterocycles. The average molecular weight is 488 g/mol. The summed E-state index contributed by atoms with van der Waals surface area (Å²) in [5.74, 6) is 2.45. The Morgan fingerprint density at radius 2 is 1.34 bits per heavy atom. The summed E-state index contributed by atoms with van der Waals surface area (Å²) in [5.41, 5.74) is 1.27. The highest BCUT2D eigenvalue weighted by Gasteiger charge is 2.27. The second-order valence-electron chi connectivity index (χ2n) is 7.98. The fourth-order valence-electron chi connectivity index (χ4n) is 3.97. The third kappa shape index (κ3) is 5.64. The standard InChI is InChI=1S/C25H33N3O7/c1-16(17-13-21(33-4)23(35-6)22(14-17)34-5)26-25(30)28-11-9-27(10-12-28)24(29)19-8-7-18(31-2)15-20(19)32-3/h7-8,13-16H,9-12H2,1-6H3,(H,26,30). The number of carbonyl (C=O) groups excluding carboxylic acids is 2. The quantitative estimate of drug-likeness (QED) is 0.611. The predicted octanol–water partition coefficient (Wildman–Crippen LogP) is 2.96. The van der Waals surface area contributed by atoms with Crippen LogP contribution in [0.5, 0.6) is 28.7 Å². The largest absolute Gasteiger partial charge is 0.497 e. The molecule has 0 spiro atoms. The first-order valence-corrected chi connectivity index (χ1v) is 11.2. The zero-order valence-electron chi connectivity index (χ0n) is 21.0. The number of hydrogen-bond donors (Lipinski definition) is 1. The average Bonchev–Trinajstić information content (AvgIpc) is 2.91. The van der Waals surface area contributed by atoms with Gasteiger partial charge in [-0.15, -0.1) is 0 Å². The molecule has 0 saturated carbocycles. The van der Waals surface area contributed by atoms with Crippen LogP contribution in [-0.4, -0.2) is 83.5 Å². The van der Waals surface area contributed by atoms with E-state index in [0.29, 0.717) is 60.5 Å². The van der Waals surface area contributed by atoms with E-state index in [1.54, 1.807) is 56.4 Å². The van der Waals surface area contributed by atoms with E-state index >= 15 is 0 Å². The molecule has 1 saturated heterocycles. The topological polar surface area (TPSA) is 98.8 Å². The molecule has 10 heteroatoms. The zero-order chi connectivity index (χ0) is 25.5. The zero-order valence-corrected chi connectivity index (χ0v) is 21.0. The van der Waals surface area contributed by atoms with Crippen LogP contribution in [0.3, 0.4) is 0 Å². The summed E-state index contributed by atoms with van der Waals surface area (Å²) in [7, 11) is 7.71. The minimum atomic E-state index is -0.306. The molecule has 3 rings (SSSR count). The summed E-state index contributed by atoms with van der Waals surface area (Å²) in [4.78, 5) is 29.4. The van der Waals surface area contributed by atoms with Gasteiger partial charge in [0.25, 0.3) is 5.91 Å². The van der Waals surface area contributed by atoms with E-state index in [1.807, 2.05) is 19.1 Å². The third-order valence-corrected chi connectivity index (χ3v) is 6.02. The van der Waals surface area contributed by atoms with Gasteiger partial charge in [0.15, 0.2) is 11.5 Å². The Bertz CT molecular complexity index is 1030. The molecule has 3 amide bonds. The number of nitrogens with one attached hydrogen (secondary N) is 1. The van der Waals surface area contributed by atoms with Crippen LogP contribution >= 0.6 is 0 Å². The van der Waals surface area contributed by atoms with Gasteiger partial charge >= 0.3 is 6.03 Å². The molecule has 2 aromatic rings. The van der Waals surface area contributed by atoms with Crippen molar-refractivity contribution in [2.75, 3.05) is 61.7 Å². The number of urea groups is 1. The number of rotatable bonds is 8. The van der Waals surface area contributed by atoms with Crippen LogP contribution in [0, 0.1) is 0 Å². The first kappa shape index (κ1) is 25.8. The third-order valence-electron chi connectivity index (χ3n) is 6.02. The SMILES string of the molecule is COc1ccc(C(=O)N2CCN(C(=O)NC(C)c3cc(OC)c(OC)c(OC)c3)CC2)c(OC)c1. The molecule has 10 nitrogen and oxygen atoms in total. The van der Waals surface area contributed by atoms with Crippen LogP contribution in [0.15, 0.2) is 30.3 Å². The summed E-state index contributed by atoms with van der Waals surface area (Å²) in [6.07, 6.45) is 0. The van der Waals surface area contributed by atoms with Crippen molar-refractivity contribution < 1.29 is 33.3 Å². The van der Waals surface area contributed by atoms with Crippen molar-refractivity contribution in [2.45, 2.75) is 13.0 Å². The van der Waals surface area contributed by atoms with Crippen molar-refractivity contribution >= 4 is 11.9 Å². The summed E-state index contributed by atoms with van der Waals surface area (Å²) >= 11 is 0. The van der Waals surface area contributed by atoms with Crippen molar-refractivity contribution in [1.82, 2.24) is 15.1 Å². The van der Waals surface area contributed by atoms with Crippen LogP contribution in [0.4, 0.5) is 4.79 Å². The van der Waals surface area contributed by atoms with Crippen LogP contribution in [0.1, 0.15) is 28.9 Å². The van der Waals surface area contributed by atoms with Gasteiger partial charge in [-0.05, 0) is 36.8 Å². The monoisotopic (exact) mass is 487 g/mol. The molecular formula is C25H33N3O7. The molecule has 1 unspecified atom stereocenters. The highest BCUT2D eigenvalue weighted by molar-refractivity contribution is 5.97. The minimum Gasteiger partial charge on any atom is -0.497 e. The van der Waals surface area contributed by atoms with E-state index in [2.05, 4.69) is 5.32 Å². The maximum absolute atomic E-state index is 13.0. The van der Waals surface area contributed by atoms with E-state index in [4.69, 9.17) is 23.7 Å². The van der Waals surface area contributed by atoms with Gasteiger partial charge in [-0.2, -0.15) is 0 Å². The Morgan fingerprint density at radius 3 is 1.86 bits per heavy atom. The van der Waals surface area contributed by atoms with Crippen molar-refractivity contribution in [3.8, 4) is 28.7 Å². The second-order valence-corrected chi connectivity index (χ2v) is 7.98. The highest BCUT2D eigenvalue weighted by Crippen LogP contribution is 2.39. The van der Waals surface area contributed by atoms with Gasteiger partial charge in [-0.25, -0.2) is 4.79 Å². The Balaban J connectivity index is 1.62. The van der Waals surface area contributed by atoms with Crippen molar-refractivity contribution in [2.24, 2.45) is 0 Å². The molecule has 35 heavy (non-hydrogen) atoms. The predicted molar refractivity (Wildman–Crippen MR) is 130 cm³/mol. The number of hydrogen-bond acceptors (Lipinski definition) is 7. The maximum atomic E-state index is 13.0. The van der Waals surface area contributed by atoms with E-state index < -0.39 is 0 Å². The molecule has 0 radical (unpaired) electrons. The molecule has 1 fully saturated rings. The number of amides is 3. The highest BCUT2D eigenvalue weighted by atomic mass is 16.5. The summed E-state index contributed by atoms with van der Waals surface area (Å²) < 4.78 is 26.8. The molecular weight excluding hydrogens is 454 g/mol. The number of ether oxygens (including phenoxy) is 5. The maximum Gasteiger partial charge on any atom is 0.317 e. The van der Waals surface area contributed by atoms with Crippen molar-refractivity contribution in [3.63, 3.8) is 0 Å². The molecule has 1 atom stereocenters. The smallest absolute Gasteiger partial charge is 0.317 e. The summed E-state index contributed by atoms with van der Waals surface area (Å²) in [6, 6.07) is 8.21. The van der Waals surface area contributed by atoms with Crippen LogP contribution in [0.2, 0.25) is 0 Å². The molecule has 0 aromatic heterocycles. The molecule has 190 valence electrons. The van der Waals surface area contributed by atoms with Crippen LogP contribution < -0.4 is 29.0 Å². The minimum absolute atomic E-state index is 0.143. The Morgan fingerprint density at radius 1 is 0.771 bits per heavy atom. The molecule has 0 aliphatic carbocycles. The Labute approximate surface area is 205 Å². The number of nitrogens with zero attached hydrogens (tertiary/aromatic N) is 2. The van der Waals surface area contributed by atoms with Crippen molar-refractivity contribution in [3.05, 3.63) is 41.5 Å². The molecule has 1 aliphatic heterocycles. The lowest BCUT2D eigenvalue weighted by molar-refractivity contribution is 0.0660. The van der Waals surface area contributed by atoms with Crippen LogP contribution in [-0.2, 0) is 0 Å². The number of benzene rings is 2. The van der Waals surface area contributed by atoms with E-state index in [1.165, 1.54) is 7.11 Å². The van der Waals surface area contributed by atoms with Gasteiger partial charge in [0.05, 0.1) is 47.2 Å². The van der Waals surface area contributed by atoms with Gasteiger partial charge in [-0.3, -0.25) is 4.79 Å². The summed E-state index contributed by atoms with van der Waals surface area (Å²) in [6.45, 7) is 3.55. The summed E-state index contributed by atoms with van der Waals surface area (Å²) in [5, 5.41) is 3.01. The lowest BCUT2D eigenvalue weighted by Gasteiger charge is -2.35. The van der Waals surface area contributed by atoms with Gasteiger partial charge in [0.1, 0.15) is 11.5 Å². The first-order chi connectivity index (χ1) is 16.9. The lowest BCUT2D eigenvalue weighted by Crippen LogP contribution is -2.53. The van der Waals surface area contributed by atoms with Gasteiger partial charge in [-0.1, -0.05) is 0 Å². The number of methoxy groups -OCH3 is 5. The first-order valence-electron chi connectivity index (χ1n) is 11.2. The van der Waals surface area contributed by atoms with E-state index in [9.17, 15) is 9.59 Å². The lowest BCUT2D eigenvalue weighted by atomic mass is 10.1. The second kappa shape index (κ2) is 11.5. The van der Waals surface area contributed by atoms with Crippen LogP contribution in [0.25, 0.3) is 0 Å². The fourth-order valence-corrected chi connectivity index (χ4v) is 3.97. The number of carbonyl (C=O) groups is 2. The van der Waals surface area contributed by atoms with Gasteiger partial charge in [0.2, 0.25) is 5.75 Å². The molecule has 0 bridgehead atoms. The van der Waals surface area contributed by atoms with Gasteiger partial charge < -0.3 is 38.8 Å². The van der Waals surface area contributed by atoms with Gasteiger partial charge in [0, 0.05) is 32.2 Å². The normalized spacial score (nSPS) is 14.1. The van der Waals surface area contributed by atoms with E-state index in [-0.39, 0.29) is 18.0 Å².